The van der Waals surface area contributed by atoms with Gasteiger partial charge in [-0.1, -0.05) is 37.1 Å². The molecule has 0 amide bonds. The zero-order valence-corrected chi connectivity index (χ0v) is 16.8. The van der Waals surface area contributed by atoms with Gasteiger partial charge in [0.1, 0.15) is 12.4 Å². The number of allylic oxidation sites excluding steroid dienone is 3. The molecule has 4 rings (SSSR count). The summed E-state index contributed by atoms with van der Waals surface area (Å²) in [5.41, 5.74) is 2.51. The summed E-state index contributed by atoms with van der Waals surface area (Å²) >= 11 is 6.65. The molecule has 0 saturated heterocycles. The third-order valence-electron chi connectivity index (χ3n) is 8.15. The van der Waals surface area contributed by atoms with E-state index in [1.807, 2.05) is 0 Å². The van der Waals surface area contributed by atoms with Crippen LogP contribution in [0, 0.1) is 28.6 Å². The Bertz CT molecular complexity index is 708. The van der Waals surface area contributed by atoms with Gasteiger partial charge in [-0.2, -0.15) is 0 Å². The molecule has 0 aliphatic heterocycles. The molecular weight excluding hydrogens is 348 g/mol. The summed E-state index contributed by atoms with van der Waals surface area (Å²) in [6, 6.07) is 0. The lowest BCUT2D eigenvalue weighted by Crippen LogP contribution is -2.50. The second kappa shape index (κ2) is 6.22. The number of carbonyl (C=O) groups is 2. The Morgan fingerprint density at radius 2 is 1.92 bits per heavy atom. The number of aldehydes is 1. The van der Waals surface area contributed by atoms with E-state index >= 15 is 0 Å². The molecule has 0 aromatic rings. The number of carbonyl (C=O) groups excluding carboxylic acids is 2. The normalized spacial score (nSPS) is 44.5. The molecule has 3 nitrogen and oxygen atoms in total. The number of hydrogen-bond acceptors (Lipinski definition) is 3. The third kappa shape index (κ3) is 2.53. The van der Waals surface area contributed by atoms with Crippen LogP contribution >= 0.6 is 11.6 Å². The number of fused-ring (bicyclic) bond motifs is 5. The molecule has 2 saturated carbocycles. The zero-order valence-electron chi connectivity index (χ0n) is 16.0. The lowest BCUT2D eigenvalue weighted by molar-refractivity contribution is -0.148. The van der Waals surface area contributed by atoms with Crippen molar-refractivity contribution in [2.24, 2.45) is 28.6 Å². The maximum absolute atomic E-state index is 11.5. The molecule has 0 heterocycles. The molecule has 0 spiro atoms. The first kappa shape index (κ1) is 18.3. The van der Waals surface area contributed by atoms with Gasteiger partial charge in [0.25, 0.3) is 0 Å². The van der Waals surface area contributed by atoms with Gasteiger partial charge < -0.3 is 4.74 Å². The van der Waals surface area contributed by atoms with Crippen molar-refractivity contribution >= 4 is 23.9 Å². The van der Waals surface area contributed by atoms with E-state index in [1.165, 1.54) is 18.9 Å². The van der Waals surface area contributed by atoms with E-state index in [0.717, 1.165) is 55.4 Å². The van der Waals surface area contributed by atoms with E-state index in [9.17, 15) is 9.59 Å². The van der Waals surface area contributed by atoms with Gasteiger partial charge in [0.15, 0.2) is 0 Å². The van der Waals surface area contributed by atoms with Crippen molar-refractivity contribution in [2.75, 3.05) is 0 Å². The average molecular weight is 377 g/mol. The van der Waals surface area contributed by atoms with Gasteiger partial charge >= 0.3 is 5.97 Å². The number of rotatable bonds is 2. The first-order chi connectivity index (χ1) is 12.3. The minimum absolute atomic E-state index is 0.0182. The van der Waals surface area contributed by atoms with Gasteiger partial charge in [-0.05, 0) is 61.7 Å². The first-order valence-corrected chi connectivity index (χ1v) is 10.4. The molecule has 26 heavy (non-hydrogen) atoms. The number of esters is 1. The van der Waals surface area contributed by atoms with Crippen LogP contribution in [-0.4, -0.2) is 18.4 Å². The van der Waals surface area contributed by atoms with Crippen LogP contribution in [0.15, 0.2) is 22.3 Å². The van der Waals surface area contributed by atoms with Gasteiger partial charge in [0.2, 0.25) is 0 Å². The number of halogens is 1. The van der Waals surface area contributed by atoms with Crippen LogP contribution in [0.5, 0.6) is 0 Å². The van der Waals surface area contributed by atoms with Crippen LogP contribution in [0.3, 0.4) is 0 Å². The number of ether oxygens (including phenoxy) is 1. The Morgan fingerprint density at radius 3 is 2.62 bits per heavy atom. The highest BCUT2D eigenvalue weighted by atomic mass is 35.5. The second-order valence-electron chi connectivity index (χ2n) is 9.35. The molecule has 0 radical (unpaired) electrons. The molecule has 6 atom stereocenters. The fourth-order valence-electron chi connectivity index (χ4n) is 6.73. The van der Waals surface area contributed by atoms with Crippen molar-refractivity contribution in [3.63, 3.8) is 0 Å². The summed E-state index contributed by atoms with van der Waals surface area (Å²) < 4.78 is 5.51. The van der Waals surface area contributed by atoms with Crippen molar-refractivity contribution in [3.8, 4) is 0 Å². The van der Waals surface area contributed by atoms with E-state index in [-0.39, 0.29) is 22.9 Å². The predicted molar refractivity (Wildman–Crippen MR) is 102 cm³/mol. The summed E-state index contributed by atoms with van der Waals surface area (Å²) in [6.45, 7) is 6.20. The van der Waals surface area contributed by atoms with E-state index in [2.05, 4.69) is 19.9 Å². The maximum Gasteiger partial charge on any atom is 0.302 e. The average Bonchev–Trinajstić information content (AvgIpc) is 2.86. The molecule has 0 bridgehead atoms. The largest absolute Gasteiger partial charge is 0.462 e. The van der Waals surface area contributed by atoms with Crippen LogP contribution in [0.1, 0.15) is 65.7 Å². The smallest absolute Gasteiger partial charge is 0.302 e. The Kier molecular flexibility index (Phi) is 4.38. The highest BCUT2D eigenvalue weighted by molar-refractivity contribution is 6.32. The lowest BCUT2D eigenvalue weighted by atomic mass is 9.48. The minimum Gasteiger partial charge on any atom is -0.462 e. The quantitative estimate of drug-likeness (QED) is 0.378. The summed E-state index contributed by atoms with van der Waals surface area (Å²) in [7, 11) is 0. The van der Waals surface area contributed by atoms with Crippen molar-refractivity contribution in [1.29, 1.82) is 0 Å². The molecular formula is C22H29ClO3. The molecule has 4 aliphatic carbocycles. The zero-order chi connectivity index (χ0) is 18.7. The first-order valence-electron chi connectivity index (χ1n) is 10.0. The van der Waals surface area contributed by atoms with Gasteiger partial charge in [-0.15, -0.1) is 0 Å². The van der Waals surface area contributed by atoms with E-state index in [0.29, 0.717) is 17.8 Å². The Hall–Kier alpha value is -1.09. The second-order valence-corrected chi connectivity index (χ2v) is 9.73. The topological polar surface area (TPSA) is 43.4 Å². The monoisotopic (exact) mass is 376 g/mol. The standard InChI is InChI=1S/C22H29ClO3/c1-13(25)26-16-6-8-21(2)15(11-16)4-5-17-18(21)7-9-22(3)19(17)10-14(12-24)20(22)23/h4,12,16-19H,5-11H2,1-3H3/t16-,17?,18?,19?,21?,22-/m0/s1. The van der Waals surface area contributed by atoms with Crippen molar-refractivity contribution in [3.05, 3.63) is 22.3 Å². The van der Waals surface area contributed by atoms with Crippen LogP contribution < -0.4 is 0 Å². The molecule has 4 heteroatoms. The maximum atomic E-state index is 11.5. The summed E-state index contributed by atoms with van der Waals surface area (Å²) in [5, 5.41) is 0.828. The van der Waals surface area contributed by atoms with Crippen molar-refractivity contribution in [1.82, 2.24) is 0 Å². The molecule has 2 fully saturated rings. The summed E-state index contributed by atoms with van der Waals surface area (Å²) in [4.78, 5) is 22.8. The molecule has 0 N–H and O–H groups in total. The minimum atomic E-state index is -0.172. The predicted octanol–water partition coefficient (Wildman–Crippen LogP) is 5.18. The highest BCUT2D eigenvalue weighted by Crippen LogP contribution is 2.66. The third-order valence-corrected chi connectivity index (χ3v) is 8.82. The van der Waals surface area contributed by atoms with Crippen LogP contribution in [0.25, 0.3) is 0 Å². The molecule has 142 valence electrons. The Morgan fingerprint density at radius 1 is 1.19 bits per heavy atom. The van der Waals surface area contributed by atoms with E-state index < -0.39 is 0 Å². The Labute approximate surface area is 161 Å². The molecule has 4 unspecified atom stereocenters. The van der Waals surface area contributed by atoms with E-state index in [1.54, 1.807) is 0 Å². The van der Waals surface area contributed by atoms with Crippen LogP contribution in [0.4, 0.5) is 0 Å². The summed E-state index contributed by atoms with van der Waals surface area (Å²) in [5.74, 6) is 1.55. The van der Waals surface area contributed by atoms with Gasteiger partial charge in [-0.25, -0.2) is 0 Å². The molecule has 0 aromatic heterocycles. The van der Waals surface area contributed by atoms with Crippen LogP contribution in [-0.2, 0) is 14.3 Å². The van der Waals surface area contributed by atoms with Crippen molar-refractivity contribution < 1.29 is 14.3 Å². The van der Waals surface area contributed by atoms with Gasteiger partial charge in [0, 0.05) is 29.4 Å². The van der Waals surface area contributed by atoms with Gasteiger partial charge in [0.05, 0.1) is 0 Å². The van der Waals surface area contributed by atoms with E-state index in [4.69, 9.17) is 16.3 Å². The number of hydrogen-bond donors (Lipinski definition) is 0. The fourth-order valence-corrected chi connectivity index (χ4v) is 7.08. The molecule has 4 aliphatic rings. The van der Waals surface area contributed by atoms with Crippen LogP contribution in [0.2, 0.25) is 0 Å². The fraction of sp³-hybridized carbons (Fsp3) is 0.727. The summed E-state index contributed by atoms with van der Waals surface area (Å²) in [6.07, 6.45) is 10.5. The Balaban J connectivity index is 1.61. The van der Waals surface area contributed by atoms with Gasteiger partial charge in [-0.3, -0.25) is 9.59 Å². The molecule has 0 aromatic carbocycles. The highest BCUT2D eigenvalue weighted by Gasteiger charge is 2.58. The lowest BCUT2D eigenvalue weighted by Gasteiger charge is -2.57. The van der Waals surface area contributed by atoms with Crippen molar-refractivity contribution in [2.45, 2.75) is 71.8 Å². The SMILES string of the molecule is CC(=O)O[C@H]1CCC2(C)C(=CCC3C2CC[C@]2(C)C(Cl)=C(C=O)CC32)C1.